The Morgan fingerprint density at radius 2 is 1.82 bits per heavy atom. The minimum absolute atomic E-state index is 0.0163. The number of nitrogens with one attached hydrogen (secondary N) is 4. The third-order valence-electron chi connectivity index (χ3n) is 6.30. The number of fused-ring (bicyclic) bond motifs is 1. The van der Waals surface area contributed by atoms with Crippen LogP contribution in [0.3, 0.4) is 0 Å². The quantitative estimate of drug-likeness (QED) is 0.378. The number of hydrogen-bond donors (Lipinski definition) is 4. The second-order valence-corrected chi connectivity index (χ2v) is 9.18. The van der Waals surface area contributed by atoms with Gasteiger partial charge in [-0.1, -0.05) is 12.8 Å². The van der Waals surface area contributed by atoms with Gasteiger partial charge in [-0.15, -0.1) is 11.6 Å². The van der Waals surface area contributed by atoms with Crippen molar-refractivity contribution in [1.29, 1.82) is 0 Å². The van der Waals surface area contributed by atoms with Crippen molar-refractivity contribution in [2.75, 3.05) is 12.4 Å². The van der Waals surface area contributed by atoms with Gasteiger partial charge in [0.25, 0.3) is 5.91 Å². The van der Waals surface area contributed by atoms with E-state index in [0.717, 1.165) is 18.9 Å². The molecule has 182 valence electrons. The SMILES string of the molecule is O=C(NC(CC1CC1)C(=O)NC(C[C@@H]1CCNC1=O)C(=O)CCl)c1cc2cc(F)cc(F)c2[nH]1. The van der Waals surface area contributed by atoms with Crippen LogP contribution in [0.1, 0.15) is 42.6 Å². The Kier molecular flexibility index (Phi) is 7.16. The fourth-order valence-electron chi connectivity index (χ4n) is 4.23. The van der Waals surface area contributed by atoms with Crippen LogP contribution in [0.4, 0.5) is 8.78 Å². The second kappa shape index (κ2) is 10.1. The first kappa shape index (κ1) is 24.1. The molecule has 1 aromatic carbocycles. The molecule has 2 unspecified atom stereocenters. The molecule has 1 saturated carbocycles. The topological polar surface area (TPSA) is 120 Å². The molecular formula is C23H25ClF2N4O4. The molecule has 1 aliphatic heterocycles. The Hall–Kier alpha value is -3.01. The first-order chi connectivity index (χ1) is 16.2. The molecule has 1 saturated heterocycles. The molecule has 8 nitrogen and oxygen atoms in total. The molecule has 0 radical (unpaired) electrons. The molecule has 2 heterocycles. The first-order valence-electron chi connectivity index (χ1n) is 11.2. The highest BCUT2D eigenvalue weighted by Gasteiger charge is 2.35. The monoisotopic (exact) mass is 494 g/mol. The van der Waals surface area contributed by atoms with Crippen molar-refractivity contribution in [3.05, 3.63) is 35.5 Å². The van der Waals surface area contributed by atoms with Crippen molar-refractivity contribution in [3.8, 4) is 0 Å². The summed E-state index contributed by atoms with van der Waals surface area (Å²) >= 11 is 5.72. The molecule has 2 aromatic rings. The van der Waals surface area contributed by atoms with E-state index in [0.29, 0.717) is 25.5 Å². The Balaban J connectivity index is 1.48. The van der Waals surface area contributed by atoms with Crippen LogP contribution in [0.5, 0.6) is 0 Å². The lowest BCUT2D eigenvalue weighted by Gasteiger charge is -2.23. The molecule has 34 heavy (non-hydrogen) atoms. The van der Waals surface area contributed by atoms with E-state index in [2.05, 4.69) is 20.9 Å². The lowest BCUT2D eigenvalue weighted by Crippen LogP contribution is -2.52. The molecule has 1 aromatic heterocycles. The number of hydrogen-bond acceptors (Lipinski definition) is 4. The average Bonchev–Trinajstić information content (AvgIpc) is 3.36. The number of benzene rings is 1. The summed E-state index contributed by atoms with van der Waals surface area (Å²) in [6.45, 7) is 0.509. The molecule has 11 heteroatoms. The highest BCUT2D eigenvalue weighted by molar-refractivity contribution is 6.28. The molecule has 1 aliphatic carbocycles. The summed E-state index contributed by atoms with van der Waals surface area (Å²) in [6, 6.07) is 1.21. The predicted octanol–water partition coefficient (Wildman–Crippen LogP) is 2.16. The maximum absolute atomic E-state index is 14.0. The van der Waals surface area contributed by atoms with Crippen molar-refractivity contribution in [2.45, 2.75) is 44.2 Å². The van der Waals surface area contributed by atoms with Gasteiger partial charge >= 0.3 is 0 Å². The van der Waals surface area contributed by atoms with Gasteiger partial charge in [-0.3, -0.25) is 19.2 Å². The van der Waals surface area contributed by atoms with Crippen molar-refractivity contribution >= 4 is 46.0 Å². The van der Waals surface area contributed by atoms with Gasteiger partial charge in [0.05, 0.1) is 17.4 Å². The van der Waals surface area contributed by atoms with Crippen molar-refractivity contribution in [3.63, 3.8) is 0 Å². The fourth-order valence-corrected chi connectivity index (χ4v) is 4.42. The van der Waals surface area contributed by atoms with E-state index in [-0.39, 0.29) is 40.7 Å². The lowest BCUT2D eigenvalue weighted by atomic mass is 9.95. The van der Waals surface area contributed by atoms with Gasteiger partial charge in [0.15, 0.2) is 5.78 Å². The van der Waals surface area contributed by atoms with E-state index in [1.807, 2.05) is 0 Å². The normalized spacial score (nSPS) is 19.5. The number of rotatable bonds is 10. The third kappa shape index (κ3) is 5.55. The maximum atomic E-state index is 14.0. The van der Waals surface area contributed by atoms with Crippen LogP contribution in [0.2, 0.25) is 0 Å². The maximum Gasteiger partial charge on any atom is 0.268 e. The standard InChI is InChI=1S/C23H25ClF2N4O4/c24-10-19(31)16(7-12-3-4-27-21(12)32)29-22(33)17(5-11-1-2-11)30-23(34)18-8-13-6-14(25)9-15(26)20(13)28-18/h6,8-9,11-12,16-17,28H,1-5,7,10H2,(H,27,32)(H,29,33)(H,30,34)/t12-,16?,17?/m0/s1. The number of amides is 3. The summed E-state index contributed by atoms with van der Waals surface area (Å²) in [5.74, 6) is -3.89. The van der Waals surface area contributed by atoms with Gasteiger partial charge in [0.2, 0.25) is 11.8 Å². The predicted molar refractivity (Wildman–Crippen MR) is 120 cm³/mol. The van der Waals surface area contributed by atoms with Gasteiger partial charge in [0, 0.05) is 23.9 Å². The van der Waals surface area contributed by atoms with Crippen LogP contribution in [0.25, 0.3) is 10.9 Å². The molecule has 0 bridgehead atoms. The fraction of sp³-hybridized carbons (Fsp3) is 0.478. The number of carbonyl (C=O) groups is 4. The molecule has 3 amide bonds. The zero-order valence-corrected chi connectivity index (χ0v) is 19.0. The summed E-state index contributed by atoms with van der Waals surface area (Å²) in [5.41, 5.74) is -0.0403. The largest absolute Gasteiger partial charge is 0.356 e. The highest BCUT2D eigenvalue weighted by atomic mass is 35.5. The number of H-pyrrole nitrogens is 1. The highest BCUT2D eigenvalue weighted by Crippen LogP contribution is 2.33. The van der Waals surface area contributed by atoms with E-state index < -0.39 is 47.2 Å². The minimum Gasteiger partial charge on any atom is -0.356 e. The molecule has 4 N–H and O–H groups in total. The zero-order valence-electron chi connectivity index (χ0n) is 18.3. The van der Waals surface area contributed by atoms with Crippen molar-refractivity contribution in [2.24, 2.45) is 11.8 Å². The van der Waals surface area contributed by atoms with Crippen molar-refractivity contribution in [1.82, 2.24) is 20.9 Å². The zero-order chi connectivity index (χ0) is 24.4. The summed E-state index contributed by atoms with van der Waals surface area (Å²) in [6.07, 6.45) is 2.89. The van der Waals surface area contributed by atoms with Crippen molar-refractivity contribution < 1.29 is 28.0 Å². The van der Waals surface area contributed by atoms with Crippen LogP contribution in [-0.2, 0) is 14.4 Å². The number of carbonyl (C=O) groups excluding carboxylic acids is 4. The second-order valence-electron chi connectivity index (χ2n) is 8.91. The van der Waals surface area contributed by atoms with E-state index in [1.165, 1.54) is 6.07 Å². The van der Waals surface area contributed by atoms with Gasteiger partial charge in [-0.25, -0.2) is 8.78 Å². The van der Waals surface area contributed by atoms with Crippen LogP contribution in [0.15, 0.2) is 18.2 Å². The number of ketones is 1. The summed E-state index contributed by atoms with van der Waals surface area (Å²) in [5, 5.41) is 8.19. The first-order valence-corrected chi connectivity index (χ1v) is 11.7. The summed E-state index contributed by atoms with van der Waals surface area (Å²) in [4.78, 5) is 52.9. The minimum atomic E-state index is -0.956. The Morgan fingerprint density at radius 3 is 2.47 bits per heavy atom. The van der Waals surface area contributed by atoms with Gasteiger partial charge < -0.3 is 20.9 Å². The van der Waals surface area contributed by atoms with Gasteiger partial charge in [-0.05, 0) is 37.3 Å². The van der Waals surface area contributed by atoms with E-state index in [9.17, 15) is 28.0 Å². The molecule has 2 fully saturated rings. The number of Topliss-reactive ketones (excluding diaryl/α,β-unsaturated/α-hetero) is 1. The molecule has 3 atom stereocenters. The Labute approximate surface area is 199 Å². The van der Waals surface area contributed by atoms with E-state index in [1.54, 1.807) is 0 Å². The summed E-state index contributed by atoms with van der Waals surface area (Å²) in [7, 11) is 0. The van der Waals surface area contributed by atoms with Crippen LogP contribution >= 0.6 is 11.6 Å². The lowest BCUT2D eigenvalue weighted by molar-refractivity contribution is -0.129. The summed E-state index contributed by atoms with van der Waals surface area (Å²) < 4.78 is 27.5. The average molecular weight is 495 g/mol. The third-order valence-corrected chi connectivity index (χ3v) is 6.56. The van der Waals surface area contributed by atoms with Gasteiger partial charge in [-0.2, -0.15) is 0 Å². The number of aromatic amines is 1. The van der Waals surface area contributed by atoms with Gasteiger partial charge in [0.1, 0.15) is 23.4 Å². The van der Waals surface area contributed by atoms with E-state index in [4.69, 9.17) is 11.6 Å². The molecular weight excluding hydrogens is 470 g/mol. The molecule has 2 aliphatic rings. The number of halogens is 3. The van der Waals surface area contributed by atoms with Crippen LogP contribution in [-0.4, -0.2) is 53.0 Å². The van der Waals surface area contributed by atoms with E-state index >= 15 is 0 Å². The Bertz CT molecular complexity index is 1130. The number of aromatic nitrogens is 1. The smallest absolute Gasteiger partial charge is 0.268 e. The Morgan fingerprint density at radius 1 is 1.06 bits per heavy atom. The van der Waals surface area contributed by atoms with Crippen LogP contribution in [0, 0.1) is 23.5 Å². The molecule has 0 spiro atoms. The number of alkyl halides is 1. The molecule has 4 rings (SSSR count). The van der Waals surface area contributed by atoms with Crippen LogP contribution < -0.4 is 16.0 Å².